The minimum atomic E-state index is -0.424. The van der Waals surface area contributed by atoms with Crippen LogP contribution in [0.2, 0.25) is 10.0 Å². The van der Waals surface area contributed by atoms with E-state index >= 15 is 0 Å². The van der Waals surface area contributed by atoms with Gasteiger partial charge in [0.2, 0.25) is 17.7 Å². The van der Waals surface area contributed by atoms with Crippen LogP contribution < -0.4 is 5.32 Å². The molecule has 0 spiro atoms. The number of amides is 3. The smallest absolute Gasteiger partial charge is 0.246 e. The Morgan fingerprint density at radius 3 is 2.55 bits per heavy atom. The minimum Gasteiger partial charge on any atom is -0.300 e. The van der Waals surface area contributed by atoms with Crippen LogP contribution in [0.5, 0.6) is 0 Å². The average Bonchev–Trinajstić information content (AvgIpc) is 3.23. The molecule has 2 heterocycles. The second kappa shape index (κ2) is 8.42. The largest absolute Gasteiger partial charge is 0.300 e. The van der Waals surface area contributed by atoms with E-state index in [-0.39, 0.29) is 30.2 Å². The molecule has 2 fully saturated rings. The fourth-order valence-corrected chi connectivity index (χ4v) is 5.23. The van der Waals surface area contributed by atoms with Gasteiger partial charge in [-0.15, -0.1) is 11.3 Å². The van der Waals surface area contributed by atoms with E-state index in [0.29, 0.717) is 21.6 Å². The van der Waals surface area contributed by atoms with E-state index in [0.717, 1.165) is 41.0 Å². The molecule has 0 radical (unpaired) electrons. The number of anilines is 1. The van der Waals surface area contributed by atoms with E-state index in [1.54, 1.807) is 24.4 Å². The summed E-state index contributed by atoms with van der Waals surface area (Å²) in [6.07, 6.45) is 5.58. The fourth-order valence-electron chi connectivity index (χ4n) is 4.00. The summed E-state index contributed by atoms with van der Waals surface area (Å²) in [5, 5.41) is 4.31. The van der Waals surface area contributed by atoms with Crippen LogP contribution in [0.1, 0.15) is 36.1 Å². The van der Waals surface area contributed by atoms with E-state index < -0.39 is 5.91 Å². The molecule has 4 rings (SSSR count). The second-order valence-corrected chi connectivity index (χ2v) is 9.31. The number of imide groups is 1. The van der Waals surface area contributed by atoms with Crippen molar-refractivity contribution in [2.45, 2.75) is 32.1 Å². The fraction of sp³-hybridized carbons (Fsp3) is 0.400. The van der Waals surface area contributed by atoms with Crippen LogP contribution in [-0.4, -0.2) is 34.2 Å². The molecule has 152 valence electrons. The molecule has 1 aromatic heterocycles. The molecule has 2 unspecified atom stereocenters. The first kappa shape index (κ1) is 20.3. The number of likely N-dealkylation sites (tertiary alicyclic amines) is 1. The first-order valence-corrected chi connectivity index (χ1v) is 11.0. The maximum absolute atomic E-state index is 12.5. The highest BCUT2D eigenvalue weighted by molar-refractivity contribution is 7.15. The molecule has 2 aliphatic rings. The third-order valence-corrected chi connectivity index (χ3v) is 6.92. The van der Waals surface area contributed by atoms with Crippen LogP contribution in [0, 0.1) is 11.8 Å². The van der Waals surface area contributed by atoms with Crippen LogP contribution >= 0.6 is 34.5 Å². The summed E-state index contributed by atoms with van der Waals surface area (Å²) in [5.74, 6) is -1.36. The number of halogens is 2. The predicted molar refractivity (Wildman–Crippen MR) is 112 cm³/mol. The van der Waals surface area contributed by atoms with Gasteiger partial charge < -0.3 is 5.32 Å². The Morgan fingerprint density at radius 2 is 1.86 bits per heavy atom. The summed E-state index contributed by atoms with van der Waals surface area (Å²) in [7, 11) is 0. The van der Waals surface area contributed by atoms with Crippen molar-refractivity contribution in [2.24, 2.45) is 11.8 Å². The minimum absolute atomic E-state index is 0.217. The molecule has 1 aromatic carbocycles. The van der Waals surface area contributed by atoms with Gasteiger partial charge in [0, 0.05) is 27.5 Å². The van der Waals surface area contributed by atoms with Crippen molar-refractivity contribution in [2.75, 3.05) is 11.9 Å². The molecule has 1 aliphatic heterocycles. The zero-order valence-electron chi connectivity index (χ0n) is 15.5. The molecule has 1 saturated heterocycles. The first-order chi connectivity index (χ1) is 13.9. The van der Waals surface area contributed by atoms with E-state index in [2.05, 4.69) is 10.3 Å². The third-order valence-electron chi connectivity index (χ3n) is 5.41. The molecular formula is C20H19Cl2N3O3S. The molecule has 9 heteroatoms. The molecule has 6 nitrogen and oxygen atoms in total. The van der Waals surface area contributed by atoms with Gasteiger partial charge >= 0.3 is 0 Å². The number of nitrogens with zero attached hydrogens (tertiary/aromatic N) is 2. The summed E-state index contributed by atoms with van der Waals surface area (Å²) < 4.78 is 0. The number of thiazole rings is 1. The van der Waals surface area contributed by atoms with Gasteiger partial charge in [-0.05, 0) is 36.6 Å². The lowest BCUT2D eigenvalue weighted by atomic mass is 9.81. The van der Waals surface area contributed by atoms with E-state index in [9.17, 15) is 14.4 Å². The van der Waals surface area contributed by atoms with Crippen molar-refractivity contribution in [3.05, 3.63) is 44.9 Å². The number of carbonyl (C=O) groups is 3. The highest BCUT2D eigenvalue weighted by Crippen LogP contribution is 2.38. The van der Waals surface area contributed by atoms with Gasteiger partial charge in [0.15, 0.2) is 5.13 Å². The number of hydrogen-bond donors (Lipinski definition) is 1. The highest BCUT2D eigenvalue weighted by atomic mass is 35.5. The van der Waals surface area contributed by atoms with Crippen LogP contribution in [0.15, 0.2) is 24.4 Å². The first-order valence-electron chi connectivity index (χ1n) is 9.46. The Labute approximate surface area is 182 Å². The third kappa shape index (κ3) is 4.32. The van der Waals surface area contributed by atoms with Crippen molar-refractivity contribution in [3.8, 4) is 0 Å². The normalized spacial score (nSPS) is 21.4. The number of aromatic nitrogens is 1. The number of carbonyl (C=O) groups excluding carboxylic acids is 3. The molecule has 1 N–H and O–H groups in total. The number of nitrogens with one attached hydrogen (secondary N) is 1. The van der Waals surface area contributed by atoms with Gasteiger partial charge in [-0.2, -0.15) is 0 Å². The van der Waals surface area contributed by atoms with Gasteiger partial charge in [-0.25, -0.2) is 4.98 Å². The summed E-state index contributed by atoms with van der Waals surface area (Å²) in [4.78, 5) is 43.6. The maximum atomic E-state index is 12.5. The molecule has 2 atom stereocenters. The summed E-state index contributed by atoms with van der Waals surface area (Å²) in [6, 6.07) is 5.26. The monoisotopic (exact) mass is 451 g/mol. The van der Waals surface area contributed by atoms with Crippen molar-refractivity contribution in [3.63, 3.8) is 0 Å². The van der Waals surface area contributed by atoms with Crippen LogP contribution in [0.3, 0.4) is 0 Å². The van der Waals surface area contributed by atoms with Crippen LogP contribution in [0.25, 0.3) is 0 Å². The van der Waals surface area contributed by atoms with Gasteiger partial charge in [0.25, 0.3) is 0 Å². The molecule has 0 bridgehead atoms. The Bertz CT molecular complexity index is 954. The standard InChI is InChI=1S/C20H19Cl2N3O3S/c21-12-5-6-16(22)11(7-12)8-13-9-23-20(29-13)24-17(26)10-25-18(27)14-3-1-2-4-15(14)19(25)28/h5-7,9,14-15H,1-4,8,10H2,(H,23,24,26). The van der Waals surface area contributed by atoms with Gasteiger partial charge in [0.05, 0.1) is 11.8 Å². The van der Waals surface area contributed by atoms with Gasteiger partial charge in [-0.1, -0.05) is 36.0 Å². The molecule has 2 aromatic rings. The molecule has 3 amide bonds. The SMILES string of the molecule is O=C(CN1C(=O)C2CCCCC2C1=O)Nc1ncc(Cc2cc(Cl)ccc2Cl)s1. The molecular weight excluding hydrogens is 433 g/mol. The Morgan fingerprint density at radius 1 is 1.17 bits per heavy atom. The Kier molecular flexibility index (Phi) is 5.90. The van der Waals surface area contributed by atoms with Crippen molar-refractivity contribution < 1.29 is 14.4 Å². The average molecular weight is 452 g/mol. The van der Waals surface area contributed by atoms with E-state index in [1.165, 1.54) is 11.3 Å². The van der Waals surface area contributed by atoms with E-state index in [1.807, 2.05) is 0 Å². The number of rotatable bonds is 5. The van der Waals surface area contributed by atoms with Crippen LogP contribution in [-0.2, 0) is 20.8 Å². The quantitative estimate of drug-likeness (QED) is 0.692. The number of fused-ring (bicyclic) bond motifs is 1. The maximum Gasteiger partial charge on any atom is 0.246 e. The van der Waals surface area contributed by atoms with Gasteiger partial charge in [0.1, 0.15) is 6.54 Å². The number of benzene rings is 1. The van der Waals surface area contributed by atoms with Crippen molar-refractivity contribution >= 4 is 57.4 Å². The molecule has 29 heavy (non-hydrogen) atoms. The molecule has 1 saturated carbocycles. The topological polar surface area (TPSA) is 79.4 Å². The lowest BCUT2D eigenvalue weighted by molar-refractivity contribution is -0.142. The van der Waals surface area contributed by atoms with Crippen molar-refractivity contribution in [1.29, 1.82) is 0 Å². The lowest BCUT2D eigenvalue weighted by Crippen LogP contribution is -2.38. The predicted octanol–water partition coefficient (Wildman–Crippen LogP) is 4.15. The van der Waals surface area contributed by atoms with Crippen LogP contribution in [0.4, 0.5) is 5.13 Å². The molecule has 1 aliphatic carbocycles. The van der Waals surface area contributed by atoms with E-state index in [4.69, 9.17) is 23.2 Å². The van der Waals surface area contributed by atoms with Gasteiger partial charge in [-0.3, -0.25) is 19.3 Å². The summed E-state index contributed by atoms with van der Waals surface area (Å²) >= 11 is 13.5. The zero-order chi connectivity index (χ0) is 20.5. The Hall–Kier alpha value is -1.96. The highest BCUT2D eigenvalue weighted by Gasteiger charge is 2.48. The summed E-state index contributed by atoms with van der Waals surface area (Å²) in [6.45, 7) is -0.264. The lowest BCUT2D eigenvalue weighted by Gasteiger charge is -2.19. The summed E-state index contributed by atoms with van der Waals surface area (Å²) in [5.41, 5.74) is 0.872. The van der Waals surface area contributed by atoms with Crippen molar-refractivity contribution in [1.82, 2.24) is 9.88 Å². The Balaban J connectivity index is 1.37. The second-order valence-electron chi connectivity index (χ2n) is 7.35. The zero-order valence-corrected chi connectivity index (χ0v) is 17.8. The number of hydrogen-bond acceptors (Lipinski definition) is 5.